The van der Waals surface area contributed by atoms with Crippen molar-refractivity contribution in [1.29, 1.82) is 0 Å². The van der Waals surface area contributed by atoms with Gasteiger partial charge in [-0.1, -0.05) is 13.3 Å². The molecule has 120 valence electrons. The molecule has 0 bridgehead atoms. The number of rotatable bonds is 6. The molecule has 0 amide bonds. The first kappa shape index (κ1) is 15.7. The first-order valence-electron chi connectivity index (χ1n) is 8.50. The molecule has 2 aromatic heterocycles. The SMILES string of the molecule is CCCc1nc(CN2CCCC[C@@H]2c2nccn2CC)cs1. The maximum absolute atomic E-state index is 4.80. The zero-order valence-corrected chi connectivity index (χ0v) is 14.5. The molecule has 2 aromatic rings. The molecular formula is C17H26N4S. The van der Waals surface area contributed by atoms with Gasteiger partial charge in [-0.15, -0.1) is 11.3 Å². The summed E-state index contributed by atoms with van der Waals surface area (Å²) in [5.41, 5.74) is 1.23. The number of thiazole rings is 1. The van der Waals surface area contributed by atoms with Gasteiger partial charge < -0.3 is 4.57 Å². The van der Waals surface area contributed by atoms with Gasteiger partial charge in [0.2, 0.25) is 0 Å². The number of aromatic nitrogens is 3. The van der Waals surface area contributed by atoms with E-state index in [0.717, 1.165) is 26.1 Å². The van der Waals surface area contributed by atoms with Gasteiger partial charge in [0, 0.05) is 30.9 Å². The van der Waals surface area contributed by atoms with Crippen LogP contribution in [-0.2, 0) is 19.5 Å². The minimum absolute atomic E-state index is 0.444. The molecule has 1 aliphatic heterocycles. The van der Waals surface area contributed by atoms with Crippen molar-refractivity contribution < 1.29 is 0 Å². The second kappa shape index (κ2) is 7.38. The summed E-state index contributed by atoms with van der Waals surface area (Å²) in [6, 6.07) is 0.444. The second-order valence-electron chi connectivity index (χ2n) is 6.04. The van der Waals surface area contributed by atoms with Crippen molar-refractivity contribution in [3.8, 4) is 0 Å². The maximum Gasteiger partial charge on any atom is 0.126 e. The Hall–Kier alpha value is -1.20. The van der Waals surface area contributed by atoms with E-state index in [4.69, 9.17) is 4.98 Å². The van der Waals surface area contributed by atoms with E-state index in [2.05, 4.69) is 39.9 Å². The van der Waals surface area contributed by atoms with Crippen molar-refractivity contribution in [2.24, 2.45) is 0 Å². The Morgan fingerprint density at radius 3 is 3.05 bits per heavy atom. The summed E-state index contributed by atoms with van der Waals surface area (Å²) < 4.78 is 2.28. The van der Waals surface area contributed by atoms with E-state index in [1.165, 1.54) is 42.2 Å². The molecule has 0 saturated carbocycles. The van der Waals surface area contributed by atoms with Gasteiger partial charge in [-0.3, -0.25) is 4.90 Å². The normalized spacial score (nSPS) is 19.6. The molecule has 3 rings (SSSR count). The predicted octanol–water partition coefficient (Wildman–Crippen LogP) is 4.04. The number of piperidine rings is 1. The fourth-order valence-electron chi connectivity index (χ4n) is 3.32. The summed E-state index contributed by atoms with van der Waals surface area (Å²) >= 11 is 1.81. The topological polar surface area (TPSA) is 34.0 Å². The molecule has 1 saturated heterocycles. The predicted molar refractivity (Wildman–Crippen MR) is 91.0 cm³/mol. The third-order valence-corrected chi connectivity index (χ3v) is 5.39. The average molecular weight is 318 g/mol. The number of hydrogen-bond acceptors (Lipinski definition) is 4. The van der Waals surface area contributed by atoms with Crippen LogP contribution >= 0.6 is 11.3 Å². The van der Waals surface area contributed by atoms with E-state index < -0.39 is 0 Å². The van der Waals surface area contributed by atoms with E-state index in [1.807, 2.05) is 17.5 Å². The van der Waals surface area contributed by atoms with E-state index in [9.17, 15) is 0 Å². The van der Waals surface area contributed by atoms with Crippen molar-refractivity contribution in [2.45, 2.75) is 65.1 Å². The average Bonchev–Trinajstić information content (AvgIpc) is 3.17. The van der Waals surface area contributed by atoms with Crippen LogP contribution in [0.4, 0.5) is 0 Å². The van der Waals surface area contributed by atoms with Gasteiger partial charge >= 0.3 is 0 Å². The fourth-order valence-corrected chi connectivity index (χ4v) is 4.21. The molecule has 4 nitrogen and oxygen atoms in total. The number of nitrogens with zero attached hydrogens (tertiary/aromatic N) is 4. The van der Waals surface area contributed by atoms with Crippen LogP contribution in [0.2, 0.25) is 0 Å². The quantitative estimate of drug-likeness (QED) is 0.806. The Kier molecular flexibility index (Phi) is 5.26. The summed E-state index contributed by atoms with van der Waals surface area (Å²) in [5, 5.41) is 3.52. The monoisotopic (exact) mass is 318 g/mol. The lowest BCUT2D eigenvalue weighted by molar-refractivity contribution is 0.129. The summed E-state index contributed by atoms with van der Waals surface area (Å²) in [4.78, 5) is 12.0. The van der Waals surface area contributed by atoms with Crippen molar-refractivity contribution in [2.75, 3.05) is 6.54 Å². The minimum Gasteiger partial charge on any atom is -0.334 e. The number of imidazole rings is 1. The molecule has 0 aromatic carbocycles. The lowest BCUT2D eigenvalue weighted by Gasteiger charge is -2.35. The minimum atomic E-state index is 0.444. The van der Waals surface area contributed by atoms with Crippen LogP contribution in [0.15, 0.2) is 17.8 Å². The fraction of sp³-hybridized carbons (Fsp3) is 0.647. The highest BCUT2D eigenvalue weighted by atomic mass is 32.1. The third kappa shape index (κ3) is 3.41. The third-order valence-electron chi connectivity index (χ3n) is 4.43. The molecule has 0 N–H and O–H groups in total. The summed E-state index contributed by atoms with van der Waals surface area (Å²) in [6.07, 6.45) is 10.1. The molecule has 0 unspecified atom stereocenters. The highest BCUT2D eigenvalue weighted by molar-refractivity contribution is 7.09. The highest BCUT2D eigenvalue weighted by Gasteiger charge is 2.27. The molecule has 22 heavy (non-hydrogen) atoms. The van der Waals surface area contributed by atoms with E-state index in [0.29, 0.717) is 6.04 Å². The summed E-state index contributed by atoms with van der Waals surface area (Å²) in [7, 11) is 0. The molecule has 0 radical (unpaired) electrons. The van der Waals surface area contributed by atoms with Gasteiger partial charge in [0.1, 0.15) is 5.82 Å². The molecule has 5 heteroatoms. The van der Waals surface area contributed by atoms with Gasteiger partial charge in [0.25, 0.3) is 0 Å². The van der Waals surface area contributed by atoms with Crippen molar-refractivity contribution in [3.05, 3.63) is 34.3 Å². The Balaban J connectivity index is 1.74. The number of likely N-dealkylation sites (tertiary alicyclic amines) is 1. The van der Waals surface area contributed by atoms with Gasteiger partial charge in [0.05, 0.1) is 16.7 Å². The first-order valence-corrected chi connectivity index (χ1v) is 9.38. The van der Waals surface area contributed by atoms with Gasteiger partial charge in [0.15, 0.2) is 0 Å². The van der Waals surface area contributed by atoms with Crippen molar-refractivity contribution >= 4 is 11.3 Å². The van der Waals surface area contributed by atoms with E-state index in [1.54, 1.807) is 0 Å². The van der Waals surface area contributed by atoms with Gasteiger partial charge in [-0.05, 0) is 39.2 Å². The largest absolute Gasteiger partial charge is 0.334 e. The first-order chi connectivity index (χ1) is 10.8. The van der Waals surface area contributed by atoms with Crippen LogP contribution in [-0.4, -0.2) is 26.0 Å². The molecule has 0 spiro atoms. The van der Waals surface area contributed by atoms with E-state index in [-0.39, 0.29) is 0 Å². The number of hydrogen-bond donors (Lipinski definition) is 0. The van der Waals surface area contributed by atoms with E-state index >= 15 is 0 Å². The second-order valence-corrected chi connectivity index (χ2v) is 6.98. The lowest BCUT2D eigenvalue weighted by Crippen LogP contribution is -2.34. The zero-order chi connectivity index (χ0) is 15.4. The van der Waals surface area contributed by atoms with Crippen LogP contribution in [0.1, 0.15) is 62.1 Å². The summed E-state index contributed by atoms with van der Waals surface area (Å²) in [5.74, 6) is 1.23. The maximum atomic E-state index is 4.80. The molecule has 0 aliphatic carbocycles. The smallest absolute Gasteiger partial charge is 0.126 e. The summed E-state index contributed by atoms with van der Waals surface area (Å²) in [6.45, 7) is 7.52. The van der Waals surface area contributed by atoms with Gasteiger partial charge in [-0.2, -0.15) is 0 Å². The Labute approximate surface area is 137 Å². The zero-order valence-electron chi connectivity index (χ0n) is 13.7. The van der Waals surface area contributed by atoms with Crippen molar-refractivity contribution in [1.82, 2.24) is 19.4 Å². The van der Waals surface area contributed by atoms with Crippen LogP contribution in [0.5, 0.6) is 0 Å². The lowest BCUT2D eigenvalue weighted by atomic mass is 10.0. The van der Waals surface area contributed by atoms with Crippen molar-refractivity contribution in [3.63, 3.8) is 0 Å². The van der Waals surface area contributed by atoms with Crippen LogP contribution in [0.3, 0.4) is 0 Å². The number of aryl methyl sites for hydroxylation is 2. The standard InChI is InChI=1S/C17H26N4S/c1-3-7-16-19-14(13-22-16)12-21-10-6-5-8-15(21)17-18-9-11-20(17)4-2/h9,11,13,15H,3-8,10,12H2,1-2H3/t15-/m1/s1. The molecule has 3 heterocycles. The highest BCUT2D eigenvalue weighted by Crippen LogP contribution is 2.31. The Bertz CT molecular complexity index is 589. The Morgan fingerprint density at radius 1 is 1.32 bits per heavy atom. The van der Waals surface area contributed by atoms with Gasteiger partial charge in [-0.25, -0.2) is 9.97 Å². The Morgan fingerprint density at radius 2 is 2.23 bits per heavy atom. The molecule has 1 fully saturated rings. The van der Waals surface area contributed by atoms with Crippen LogP contribution in [0.25, 0.3) is 0 Å². The van der Waals surface area contributed by atoms with Crippen LogP contribution in [0, 0.1) is 0 Å². The molecule has 1 aliphatic rings. The molecular weight excluding hydrogens is 292 g/mol. The van der Waals surface area contributed by atoms with Crippen LogP contribution < -0.4 is 0 Å². The molecule has 1 atom stereocenters.